The standard InChI is InChI=1S/C16H22N2S/c1-2-18(15-7-4-3-5-8-15)13-12-17-11-10-16-9-6-14-19-16/h3-9,14,17H,2,10-13H2,1H3. The molecule has 0 aliphatic rings. The molecule has 0 radical (unpaired) electrons. The maximum atomic E-state index is 3.52. The molecule has 0 unspecified atom stereocenters. The minimum Gasteiger partial charge on any atom is -0.371 e. The van der Waals surface area contributed by atoms with Gasteiger partial charge in [0.15, 0.2) is 0 Å². The fourth-order valence-electron chi connectivity index (χ4n) is 2.11. The average molecular weight is 274 g/mol. The van der Waals surface area contributed by atoms with Crippen LogP contribution in [0.2, 0.25) is 0 Å². The molecule has 0 spiro atoms. The molecule has 102 valence electrons. The maximum Gasteiger partial charge on any atom is 0.0366 e. The lowest BCUT2D eigenvalue weighted by Crippen LogP contribution is -2.32. The van der Waals surface area contributed by atoms with Crippen LogP contribution in [0.4, 0.5) is 5.69 Å². The Labute approximate surface area is 120 Å². The van der Waals surface area contributed by atoms with Crippen LogP contribution >= 0.6 is 11.3 Å². The molecule has 2 aromatic rings. The zero-order valence-electron chi connectivity index (χ0n) is 11.5. The van der Waals surface area contributed by atoms with Gasteiger partial charge in [-0.3, -0.25) is 0 Å². The van der Waals surface area contributed by atoms with Crippen molar-refractivity contribution in [3.63, 3.8) is 0 Å². The largest absolute Gasteiger partial charge is 0.371 e. The van der Waals surface area contributed by atoms with Crippen LogP contribution in [-0.2, 0) is 6.42 Å². The predicted octanol–water partition coefficient (Wildman–Crippen LogP) is 3.41. The topological polar surface area (TPSA) is 15.3 Å². The van der Waals surface area contributed by atoms with Crippen molar-refractivity contribution in [2.24, 2.45) is 0 Å². The van der Waals surface area contributed by atoms with E-state index in [0.29, 0.717) is 0 Å². The van der Waals surface area contributed by atoms with Crippen molar-refractivity contribution in [3.8, 4) is 0 Å². The molecule has 1 N–H and O–H groups in total. The van der Waals surface area contributed by atoms with E-state index < -0.39 is 0 Å². The van der Waals surface area contributed by atoms with Gasteiger partial charge in [-0.2, -0.15) is 0 Å². The molecule has 2 rings (SSSR count). The van der Waals surface area contributed by atoms with Crippen LogP contribution < -0.4 is 10.2 Å². The summed E-state index contributed by atoms with van der Waals surface area (Å²) in [6.45, 7) is 6.42. The number of para-hydroxylation sites is 1. The SMILES string of the molecule is CCN(CCNCCc1cccs1)c1ccccc1. The summed E-state index contributed by atoms with van der Waals surface area (Å²) in [7, 11) is 0. The van der Waals surface area contributed by atoms with Gasteiger partial charge < -0.3 is 10.2 Å². The van der Waals surface area contributed by atoms with Gasteiger partial charge in [0, 0.05) is 36.7 Å². The van der Waals surface area contributed by atoms with E-state index in [1.807, 2.05) is 11.3 Å². The maximum absolute atomic E-state index is 3.52. The van der Waals surface area contributed by atoms with E-state index in [1.54, 1.807) is 0 Å². The van der Waals surface area contributed by atoms with Crippen molar-refractivity contribution >= 4 is 17.0 Å². The number of nitrogens with one attached hydrogen (secondary N) is 1. The van der Waals surface area contributed by atoms with Gasteiger partial charge in [-0.25, -0.2) is 0 Å². The quantitative estimate of drug-likeness (QED) is 0.742. The molecule has 1 aromatic heterocycles. The van der Waals surface area contributed by atoms with Gasteiger partial charge in [0.05, 0.1) is 0 Å². The van der Waals surface area contributed by atoms with Crippen molar-refractivity contribution < 1.29 is 0 Å². The highest BCUT2D eigenvalue weighted by Gasteiger charge is 2.02. The molecule has 3 heteroatoms. The highest BCUT2D eigenvalue weighted by Crippen LogP contribution is 2.12. The molecule has 0 saturated heterocycles. The second kappa shape index (κ2) is 7.97. The van der Waals surface area contributed by atoms with E-state index in [0.717, 1.165) is 32.6 Å². The number of anilines is 1. The van der Waals surface area contributed by atoms with Gasteiger partial charge in [-0.1, -0.05) is 24.3 Å². The third-order valence-corrected chi connectivity index (χ3v) is 4.13. The van der Waals surface area contributed by atoms with Gasteiger partial charge in [0.2, 0.25) is 0 Å². The minimum atomic E-state index is 1.04. The zero-order chi connectivity index (χ0) is 13.3. The Bertz CT molecular complexity index is 439. The van der Waals surface area contributed by atoms with Crippen molar-refractivity contribution in [2.75, 3.05) is 31.1 Å². The number of hydrogen-bond donors (Lipinski definition) is 1. The molecule has 1 aromatic carbocycles. The van der Waals surface area contributed by atoms with E-state index in [-0.39, 0.29) is 0 Å². The summed E-state index contributed by atoms with van der Waals surface area (Å²) in [5.41, 5.74) is 1.31. The van der Waals surface area contributed by atoms with Crippen molar-refractivity contribution in [1.82, 2.24) is 5.32 Å². The highest BCUT2D eigenvalue weighted by molar-refractivity contribution is 7.09. The number of likely N-dealkylation sites (N-methyl/N-ethyl adjacent to an activating group) is 1. The van der Waals surface area contributed by atoms with Gasteiger partial charge in [-0.15, -0.1) is 11.3 Å². The number of nitrogens with zero attached hydrogens (tertiary/aromatic N) is 1. The summed E-state index contributed by atoms with van der Waals surface area (Å²) in [6, 6.07) is 14.9. The molecule has 0 atom stereocenters. The Morgan fingerprint density at radius 2 is 1.89 bits per heavy atom. The molecule has 0 bridgehead atoms. The van der Waals surface area contributed by atoms with Crippen LogP contribution in [0.15, 0.2) is 47.8 Å². The first kappa shape index (κ1) is 14.1. The van der Waals surface area contributed by atoms with Crippen LogP contribution in [0.3, 0.4) is 0 Å². The molecular weight excluding hydrogens is 252 g/mol. The van der Waals surface area contributed by atoms with E-state index in [9.17, 15) is 0 Å². The van der Waals surface area contributed by atoms with Crippen LogP contribution in [-0.4, -0.2) is 26.2 Å². The minimum absolute atomic E-state index is 1.04. The summed E-state index contributed by atoms with van der Waals surface area (Å²) in [4.78, 5) is 3.86. The van der Waals surface area contributed by atoms with Crippen molar-refractivity contribution in [2.45, 2.75) is 13.3 Å². The molecular formula is C16H22N2S. The number of rotatable bonds is 8. The molecule has 0 aliphatic heterocycles. The third-order valence-electron chi connectivity index (χ3n) is 3.19. The first-order valence-corrected chi connectivity index (χ1v) is 7.81. The summed E-state index contributed by atoms with van der Waals surface area (Å²) >= 11 is 1.84. The Morgan fingerprint density at radius 3 is 2.58 bits per heavy atom. The summed E-state index contributed by atoms with van der Waals surface area (Å²) < 4.78 is 0. The normalized spacial score (nSPS) is 10.6. The molecule has 0 fully saturated rings. The number of hydrogen-bond acceptors (Lipinski definition) is 3. The molecule has 2 nitrogen and oxygen atoms in total. The van der Waals surface area contributed by atoms with Gasteiger partial charge in [-0.05, 0) is 36.9 Å². The lowest BCUT2D eigenvalue weighted by Gasteiger charge is -2.23. The first-order chi connectivity index (χ1) is 9.40. The second-order valence-electron chi connectivity index (χ2n) is 4.49. The Balaban J connectivity index is 1.66. The summed E-state index contributed by atoms with van der Waals surface area (Å²) in [5.74, 6) is 0. The average Bonchev–Trinajstić information content (AvgIpc) is 2.97. The van der Waals surface area contributed by atoms with Crippen molar-refractivity contribution in [1.29, 1.82) is 0 Å². The summed E-state index contributed by atoms with van der Waals surface area (Å²) in [5, 5.41) is 5.67. The van der Waals surface area contributed by atoms with Crippen LogP contribution in [0, 0.1) is 0 Å². The van der Waals surface area contributed by atoms with E-state index in [2.05, 4.69) is 65.0 Å². The third kappa shape index (κ3) is 4.69. The van der Waals surface area contributed by atoms with Gasteiger partial charge in [0.25, 0.3) is 0 Å². The molecule has 0 amide bonds. The Morgan fingerprint density at radius 1 is 1.05 bits per heavy atom. The smallest absolute Gasteiger partial charge is 0.0366 e. The van der Waals surface area contributed by atoms with E-state index in [4.69, 9.17) is 0 Å². The highest BCUT2D eigenvalue weighted by atomic mass is 32.1. The van der Waals surface area contributed by atoms with Crippen LogP contribution in [0.25, 0.3) is 0 Å². The fourth-order valence-corrected chi connectivity index (χ4v) is 2.82. The molecule has 19 heavy (non-hydrogen) atoms. The fraction of sp³-hybridized carbons (Fsp3) is 0.375. The zero-order valence-corrected chi connectivity index (χ0v) is 12.3. The summed E-state index contributed by atoms with van der Waals surface area (Å²) in [6.07, 6.45) is 1.13. The molecule has 0 saturated carbocycles. The van der Waals surface area contributed by atoms with Gasteiger partial charge in [0.1, 0.15) is 0 Å². The van der Waals surface area contributed by atoms with Crippen LogP contribution in [0.1, 0.15) is 11.8 Å². The molecule has 1 heterocycles. The number of thiophene rings is 1. The first-order valence-electron chi connectivity index (χ1n) is 6.93. The van der Waals surface area contributed by atoms with Crippen LogP contribution in [0.5, 0.6) is 0 Å². The van der Waals surface area contributed by atoms with E-state index >= 15 is 0 Å². The van der Waals surface area contributed by atoms with Gasteiger partial charge >= 0.3 is 0 Å². The van der Waals surface area contributed by atoms with E-state index in [1.165, 1.54) is 10.6 Å². The Kier molecular flexibility index (Phi) is 5.92. The predicted molar refractivity (Wildman–Crippen MR) is 85.2 cm³/mol. The Hall–Kier alpha value is -1.32. The van der Waals surface area contributed by atoms with Crippen molar-refractivity contribution in [3.05, 3.63) is 52.7 Å². The second-order valence-corrected chi connectivity index (χ2v) is 5.53. The lowest BCUT2D eigenvalue weighted by molar-refractivity contribution is 0.665. The lowest BCUT2D eigenvalue weighted by atomic mass is 10.3. The molecule has 0 aliphatic carbocycles. The number of benzene rings is 1. The monoisotopic (exact) mass is 274 g/mol.